The lowest BCUT2D eigenvalue weighted by Crippen LogP contribution is -2.62. The number of carbonyl (C=O) groups excluding carboxylic acids is 1. The van der Waals surface area contributed by atoms with E-state index in [2.05, 4.69) is 27.8 Å². The Balaban J connectivity index is 1.47. The number of fused-ring (bicyclic) bond motifs is 1. The summed E-state index contributed by atoms with van der Waals surface area (Å²) >= 11 is 0. The number of nitrogens with zero attached hydrogens (tertiary/aromatic N) is 3. The number of carbonyl (C=O) groups is 1. The van der Waals surface area contributed by atoms with Crippen LogP contribution in [0.3, 0.4) is 0 Å². The lowest BCUT2D eigenvalue weighted by molar-refractivity contribution is 0.0694. The molecule has 1 amide bonds. The lowest BCUT2D eigenvalue weighted by Gasteiger charge is -2.47. The van der Waals surface area contributed by atoms with E-state index in [9.17, 15) is 4.79 Å². The molecule has 3 heterocycles. The van der Waals surface area contributed by atoms with Crippen molar-refractivity contribution in [3.05, 3.63) is 53.9 Å². The molecule has 3 aliphatic rings. The van der Waals surface area contributed by atoms with E-state index < -0.39 is 0 Å². The number of amidine groups is 1. The Hall–Kier alpha value is -2.89. The second-order valence-electron chi connectivity index (χ2n) is 8.81. The van der Waals surface area contributed by atoms with Crippen molar-refractivity contribution in [3.8, 4) is 0 Å². The molecule has 0 unspecified atom stereocenters. The van der Waals surface area contributed by atoms with Crippen molar-refractivity contribution >= 4 is 23.1 Å². The SMILES string of the molecule is Cc1ccc(C(=O)N2CCC[C@@]3(C2)Nc2ccccc2NC3=NC2CCCC2)cn1. The van der Waals surface area contributed by atoms with Gasteiger partial charge in [-0.2, -0.15) is 0 Å². The van der Waals surface area contributed by atoms with E-state index in [0.717, 1.165) is 55.1 Å². The molecule has 6 nitrogen and oxygen atoms in total. The minimum Gasteiger partial charge on any atom is -0.370 e. The van der Waals surface area contributed by atoms with Crippen molar-refractivity contribution in [2.24, 2.45) is 4.99 Å². The first-order valence-corrected chi connectivity index (χ1v) is 11.1. The summed E-state index contributed by atoms with van der Waals surface area (Å²) in [6, 6.07) is 12.4. The van der Waals surface area contributed by atoms with Crippen LogP contribution >= 0.6 is 0 Å². The number of benzene rings is 1. The molecule has 1 saturated carbocycles. The number of aryl methyl sites for hydroxylation is 1. The molecule has 2 aromatic rings. The first kappa shape index (κ1) is 19.1. The Morgan fingerprint density at radius 1 is 1.13 bits per heavy atom. The molecule has 5 rings (SSSR count). The van der Waals surface area contributed by atoms with Crippen molar-refractivity contribution in [1.29, 1.82) is 0 Å². The summed E-state index contributed by atoms with van der Waals surface area (Å²) in [6.07, 6.45) is 8.39. The highest BCUT2D eigenvalue weighted by Crippen LogP contribution is 2.37. The number of hydrogen-bond donors (Lipinski definition) is 2. The standard InChI is InChI=1S/C24H29N5O/c1-17-11-12-18(15-25-17)22(30)29-14-6-13-24(16-29)23(26-19-7-2-3-8-19)27-20-9-4-5-10-21(20)28-24/h4-5,9-12,15,19,28H,2-3,6-8,13-14,16H2,1H3,(H,26,27)/t24-/m0/s1. The van der Waals surface area contributed by atoms with Gasteiger partial charge in [-0.3, -0.25) is 14.8 Å². The van der Waals surface area contributed by atoms with Crippen molar-refractivity contribution in [1.82, 2.24) is 9.88 Å². The van der Waals surface area contributed by atoms with Crippen molar-refractivity contribution in [2.45, 2.75) is 57.0 Å². The third-order valence-electron chi connectivity index (χ3n) is 6.58. The number of anilines is 2. The van der Waals surface area contributed by atoms with Gasteiger partial charge >= 0.3 is 0 Å². The Morgan fingerprint density at radius 2 is 1.93 bits per heavy atom. The van der Waals surface area contributed by atoms with Crippen molar-refractivity contribution < 1.29 is 4.79 Å². The molecule has 2 N–H and O–H groups in total. The number of amides is 1. The zero-order valence-electron chi connectivity index (χ0n) is 17.5. The number of rotatable bonds is 2. The summed E-state index contributed by atoms with van der Waals surface area (Å²) in [5.74, 6) is 1.04. The summed E-state index contributed by atoms with van der Waals surface area (Å²) in [4.78, 5) is 24.7. The Bertz CT molecular complexity index is 964. The molecule has 1 aromatic heterocycles. The van der Waals surface area contributed by atoms with Gasteiger partial charge in [-0.15, -0.1) is 0 Å². The molecular formula is C24H29N5O. The fourth-order valence-corrected chi connectivity index (χ4v) is 4.94. The zero-order chi connectivity index (χ0) is 20.6. The molecular weight excluding hydrogens is 374 g/mol. The van der Waals surface area contributed by atoms with Gasteiger partial charge in [-0.1, -0.05) is 25.0 Å². The van der Waals surface area contributed by atoms with Crippen LogP contribution < -0.4 is 10.6 Å². The van der Waals surface area contributed by atoms with Crippen LogP contribution in [-0.4, -0.2) is 46.3 Å². The number of piperidine rings is 1. The van der Waals surface area contributed by atoms with E-state index in [1.165, 1.54) is 12.8 Å². The maximum Gasteiger partial charge on any atom is 0.255 e. The van der Waals surface area contributed by atoms with E-state index in [1.807, 2.05) is 36.1 Å². The van der Waals surface area contributed by atoms with Crippen LogP contribution in [0.4, 0.5) is 11.4 Å². The fraction of sp³-hybridized carbons (Fsp3) is 0.458. The van der Waals surface area contributed by atoms with Crippen LogP contribution in [0.15, 0.2) is 47.6 Å². The molecule has 156 valence electrons. The van der Waals surface area contributed by atoms with E-state index in [1.54, 1.807) is 6.20 Å². The minimum absolute atomic E-state index is 0.0439. The number of nitrogens with one attached hydrogen (secondary N) is 2. The molecule has 2 aliphatic heterocycles. The highest BCUT2D eigenvalue weighted by Gasteiger charge is 2.45. The minimum atomic E-state index is -0.372. The number of likely N-dealkylation sites (tertiary alicyclic amines) is 1. The van der Waals surface area contributed by atoms with Crippen LogP contribution in [-0.2, 0) is 0 Å². The fourth-order valence-electron chi connectivity index (χ4n) is 4.94. The number of para-hydroxylation sites is 2. The molecule has 0 radical (unpaired) electrons. The van der Waals surface area contributed by atoms with Gasteiger partial charge in [-0.25, -0.2) is 0 Å². The number of pyridine rings is 1. The normalized spacial score (nSPS) is 25.1. The molecule has 30 heavy (non-hydrogen) atoms. The van der Waals surface area contributed by atoms with Crippen LogP contribution in [0.5, 0.6) is 0 Å². The van der Waals surface area contributed by atoms with Crippen molar-refractivity contribution in [3.63, 3.8) is 0 Å². The average molecular weight is 404 g/mol. The summed E-state index contributed by atoms with van der Waals surface area (Å²) < 4.78 is 0. The van der Waals surface area contributed by atoms with Gasteiger partial charge in [0.15, 0.2) is 0 Å². The van der Waals surface area contributed by atoms with E-state index in [4.69, 9.17) is 4.99 Å². The van der Waals surface area contributed by atoms with Gasteiger partial charge in [0, 0.05) is 18.4 Å². The summed E-state index contributed by atoms with van der Waals surface area (Å²) in [5.41, 5.74) is 3.34. The highest BCUT2D eigenvalue weighted by molar-refractivity contribution is 6.10. The molecule has 1 aromatic carbocycles. The van der Waals surface area contributed by atoms with Crippen LogP contribution in [0.25, 0.3) is 0 Å². The van der Waals surface area contributed by atoms with Gasteiger partial charge < -0.3 is 15.5 Å². The Kier molecular flexibility index (Phi) is 4.93. The van der Waals surface area contributed by atoms with Crippen LogP contribution in [0.2, 0.25) is 0 Å². The van der Waals surface area contributed by atoms with Gasteiger partial charge in [-0.05, 0) is 56.9 Å². The van der Waals surface area contributed by atoms with E-state index >= 15 is 0 Å². The largest absolute Gasteiger partial charge is 0.370 e. The molecule has 1 atom stereocenters. The Morgan fingerprint density at radius 3 is 2.70 bits per heavy atom. The van der Waals surface area contributed by atoms with Gasteiger partial charge in [0.1, 0.15) is 11.4 Å². The maximum atomic E-state index is 13.2. The van der Waals surface area contributed by atoms with E-state index in [-0.39, 0.29) is 11.4 Å². The molecule has 1 aliphatic carbocycles. The van der Waals surface area contributed by atoms with E-state index in [0.29, 0.717) is 18.2 Å². The smallest absolute Gasteiger partial charge is 0.255 e. The van der Waals surface area contributed by atoms with Crippen molar-refractivity contribution in [2.75, 3.05) is 23.7 Å². The van der Waals surface area contributed by atoms with Gasteiger partial charge in [0.25, 0.3) is 5.91 Å². The first-order chi connectivity index (χ1) is 14.6. The zero-order valence-corrected chi connectivity index (χ0v) is 17.5. The maximum absolute atomic E-state index is 13.2. The average Bonchev–Trinajstić information content (AvgIpc) is 3.28. The Labute approximate surface area is 177 Å². The third-order valence-corrected chi connectivity index (χ3v) is 6.58. The number of aromatic nitrogens is 1. The summed E-state index contributed by atoms with van der Waals surface area (Å²) in [7, 11) is 0. The molecule has 2 fully saturated rings. The molecule has 0 bridgehead atoms. The second-order valence-corrected chi connectivity index (χ2v) is 8.81. The molecule has 1 spiro atoms. The third kappa shape index (κ3) is 3.55. The quantitative estimate of drug-likeness (QED) is 0.787. The summed E-state index contributed by atoms with van der Waals surface area (Å²) in [5, 5.41) is 7.41. The monoisotopic (exact) mass is 403 g/mol. The second kappa shape index (κ2) is 7.74. The topological polar surface area (TPSA) is 69.6 Å². The van der Waals surface area contributed by atoms with Gasteiger partial charge in [0.05, 0.1) is 29.5 Å². The van der Waals surface area contributed by atoms with Gasteiger partial charge in [0.2, 0.25) is 0 Å². The molecule has 1 saturated heterocycles. The van der Waals surface area contributed by atoms with Crippen LogP contribution in [0, 0.1) is 6.92 Å². The number of aliphatic imine (C=N–C) groups is 1. The predicted octanol–water partition coefficient (Wildman–Crippen LogP) is 4.24. The first-order valence-electron chi connectivity index (χ1n) is 11.1. The molecule has 6 heteroatoms. The highest BCUT2D eigenvalue weighted by atomic mass is 16.2. The predicted molar refractivity (Wildman–Crippen MR) is 120 cm³/mol. The lowest BCUT2D eigenvalue weighted by atomic mass is 9.84. The number of hydrogen-bond acceptors (Lipinski definition) is 4. The van der Waals surface area contributed by atoms with Crippen LogP contribution in [0.1, 0.15) is 54.6 Å². The summed E-state index contributed by atoms with van der Waals surface area (Å²) in [6.45, 7) is 3.30.